The van der Waals surface area contributed by atoms with E-state index in [1.165, 1.54) is 16.5 Å². The third-order valence-corrected chi connectivity index (χ3v) is 6.73. The van der Waals surface area contributed by atoms with Gasteiger partial charge in [0, 0.05) is 43.1 Å². The van der Waals surface area contributed by atoms with Crippen molar-refractivity contribution < 1.29 is 9.59 Å². The molecule has 2 heterocycles. The number of carbonyl (C=O) groups is 2. The van der Waals surface area contributed by atoms with Gasteiger partial charge in [-0.1, -0.05) is 67.9 Å². The molecule has 0 fully saturated rings. The van der Waals surface area contributed by atoms with Crippen LogP contribution < -0.4 is 16.1 Å². The molecule has 2 aromatic carbocycles. The Bertz CT molecular complexity index is 1490. The third-order valence-electron chi connectivity index (χ3n) is 6.73. The molecule has 0 spiro atoms. The topological polar surface area (TPSA) is 81.4 Å². The van der Waals surface area contributed by atoms with Crippen molar-refractivity contribution >= 4 is 23.2 Å². The number of nitrogens with zero attached hydrogens (tertiary/aromatic N) is 3. The molecule has 1 amide bonds. The second-order valence-electron chi connectivity index (χ2n) is 8.76. The van der Waals surface area contributed by atoms with Crippen LogP contribution in [0.1, 0.15) is 59.2 Å². The largest absolute Gasteiger partial charge is 0.332 e. The zero-order valence-corrected chi connectivity index (χ0v) is 19.4. The summed E-state index contributed by atoms with van der Waals surface area (Å²) in [6, 6.07) is 16.5. The minimum Gasteiger partial charge on any atom is -0.289 e. The number of unbranched alkanes of at least 4 members (excludes halogenated alkanes) is 1. The maximum Gasteiger partial charge on any atom is 0.332 e. The number of anilines is 1. The van der Waals surface area contributed by atoms with Crippen LogP contribution in [0.3, 0.4) is 0 Å². The fourth-order valence-electron chi connectivity index (χ4n) is 5.09. The van der Waals surface area contributed by atoms with Gasteiger partial charge in [-0.2, -0.15) is 0 Å². The number of rotatable bonds is 4. The number of Topliss-reactive ketones (excluding diaryl/α,β-unsaturated/α-hetero) is 1. The average molecular weight is 456 g/mol. The fourth-order valence-corrected chi connectivity index (χ4v) is 5.09. The first-order chi connectivity index (χ1) is 16.4. The van der Waals surface area contributed by atoms with Crippen molar-refractivity contribution in [2.24, 2.45) is 14.1 Å². The average Bonchev–Trinajstić information content (AvgIpc) is 3.16. The summed E-state index contributed by atoms with van der Waals surface area (Å²) in [5.41, 5.74) is 2.02. The number of allylic oxidation sites excluding steroid dienone is 1. The van der Waals surface area contributed by atoms with Crippen LogP contribution in [0.5, 0.6) is 0 Å². The Morgan fingerprint density at radius 1 is 0.882 bits per heavy atom. The molecular weight excluding hydrogens is 430 g/mol. The van der Waals surface area contributed by atoms with Gasteiger partial charge in [0.25, 0.3) is 5.56 Å². The Kier molecular flexibility index (Phi) is 5.20. The number of ketones is 1. The van der Waals surface area contributed by atoms with Gasteiger partial charge in [0.1, 0.15) is 5.82 Å². The van der Waals surface area contributed by atoms with Crippen LogP contribution >= 0.6 is 0 Å². The molecule has 7 heteroatoms. The van der Waals surface area contributed by atoms with E-state index in [9.17, 15) is 19.2 Å². The van der Waals surface area contributed by atoms with Crippen molar-refractivity contribution in [2.75, 3.05) is 4.90 Å². The molecule has 1 unspecified atom stereocenters. The number of amides is 1. The summed E-state index contributed by atoms with van der Waals surface area (Å²) in [6.45, 7) is 1.99. The number of carbonyl (C=O) groups excluding carboxylic acids is 2. The molecule has 7 nitrogen and oxygen atoms in total. The Morgan fingerprint density at radius 2 is 1.53 bits per heavy atom. The van der Waals surface area contributed by atoms with Crippen LogP contribution in [0, 0.1) is 0 Å². The highest BCUT2D eigenvalue weighted by molar-refractivity contribution is 6.27. The lowest BCUT2D eigenvalue weighted by molar-refractivity contribution is -0.118. The number of hydrogen-bond acceptors (Lipinski definition) is 4. The van der Waals surface area contributed by atoms with Gasteiger partial charge in [-0.15, -0.1) is 0 Å². The van der Waals surface area contributed by atoms with Gasteiger partial charge >= 0.3 is 5.69 Å². The van der Waals surface area contributed by atoms with E-state index in [-0.39, 0.29) is 29.5 Å². The highest BCUT2D eigenvalue weighted by Crippen LogP contribution is 2.51. The zero-order chi connectivity index (χ0) is 24.1. The van der Waals surface area contributed by atoms with E-state index < -0.39 is 17.2 Å². The van der Waals surface area contributed by atoms with E-state index in [0.717, 1.165) is 16.6 Å². The number of aromatic nitrogens is 2. The van der Waals surface area contributed by atoms with Gasteiger partial charge in [0.15, 0.2) is 5.78 Å². The third kappa shape index (κ3) is 2.96. The van der Waals surface area contributed by atoms with Crippen LogP contribution in [0.25, 0.3) is 5.70 Å². The lowest BCUT2D eigenvalue weighted by atomic mass is 9.81. The normalized spacial score (nSPS) is 16.4. The first kappa shape index (κ1) is 21.8. The van der Waals surface area contributed by atoms with Crippen molar-refractivity contribution in [1.82, 2.24) is 9.13 Å². The van der Waals surface area contributed by atoms with Gasteiger partial charge in [-0.3, -0.25) is 28.4 Å². The molecule has 5 rings (SSSR count). The van der Waals surface area contributed by atoms with Crippen LogP contribution in [-0.4, -0.2) is 20.8 Å². The lowest BCUT2D eigenvalue weighted by Crippen LogP contribution is -2.47. The fraction of sp³-hybridized carbons (Fsp3) is 0.259. The molecule has 0 saturated heterocycles. The summed E-state index contributed by atoms with van der Waals surface area (Å²) < 4.78 is 2.40. The van der Waals surface area contributed by atoms with Crippen LogP contribution in [-0.2, 0) is 18.9 Å². The molecule has 1 aromatic heterocycles. The Balaban J connectivity index is 1.93. The SMILES string of the molecule is CCCCC(=O)N1C2=C(C(=O)c3ccccc32)C(c2ccccc2)c2c1n(C)c(=O)n(C)c2=O. The predicted molar refractivity (Wildman–Crippen MR) is 130 cm³/mol. The maximum absolute atomic E-state index is 13.8. The molecule has 1 aliphatic heterocycles. The van der Waals surface area contributed by atoms with Crippen LogP contribution in [0.15, 0.2) is 69.8 Å². The second kappa shape index (κ2) is 8.09. The summed E-state index contributed by atoms with van der Waals surface area (Å²) in [5, 5.41) is 0. The van der Waals surface area contributed by atoms with E-state index in [1.807, 2.05) is 49.4 Å². The highest BCUT2D eigenvalue weighted by Gasteiger charge is 2.47. The monoisotopic (exact) mass is 455 g/mol. The minimum atomic E-state index is -0.702. The van der Waals surface area contributed by atoms with Crippen LogP contribution in [0.2, 0.25) is 0 Å². The van der Waals surface area contributed by atoms with Crippen molar-refractivity contribution in [3.8, 4) is 0 Å². The number of hydrogen-bond donors (Lipinski definition) is 0. The van der Waals surface area contributed by atoms with E-state index in [2.05, 4.69) is 0 Å². The van der Waals surface area contributed by atoms with Gasteiger partial charge in [-0.05, 0) is 12.0 Å². The first-order valence-electron chi connectivity index (χ1n) is 11.4. The number of benzene rings is 2. The minimum absolute atomic E-state index is 0.200. The number of fused-ring (bicyclic) bond motifs is 3. The highest BCUT2D eigenvalue weighted by atomic mass is 16.2. The summed E-state index contributed by atoms with van der Waals surface area (Å²) in [7, 11) is 2.99. The van der Waals surface area contributed by atoms with Crippen molar-refractivity contribution in [3.63, 3.8) is 0 Å². The molecule has 0 saturated carbocycles. The van der Waals surface area contributed by atoms with Gasteiger partial charge in [0.05, 0.1) is 11.3 Å². The first-order valence-corrected chi connectivity index (χ1v) is 11.4. The summed E-state index contributed by atoms with van der Waals surface area (Å²) in [5.74, 6) is -0.901. The Hall–Kier alpha value is -4.00. The van der Waals surface area contributed by atoms with E-state index in [0.29, 0.717) is 28.8 Å². The van der Waals surface area contributed by atoms with Crippen molar-refractivity contribution in [1.29, 1.82) is 0 Å². The predicted octanol–water partition coefficient (Wildman–Crippen LogP) is 3.36. The van der Waals surface area contributed by atoms with E-state index in [4.69, 9.17) is 0 Å². The molecule has 172 valence electrons. The Morgan fingerprint density at radius 3 is 2.21 bits per heavy atom. The molecule has 34 heavy (non-hydrogen) atoms. The molecule has 2 aliphatic rings. The molecule has 3 aromatic rings. The molecular formula is C27H25N3O4. The van der Waals surface area contributed by atoms with Gasteiger partial charge in [-0.25, -0.2) is 4.79 Å². The lowest BCUT2D eigenvalue weighted by Gasteiger charge is -2.36. The smallest absolute Gasteiger partial charge is 0.289 e. The second-order valence-corrected chi connectivity index (χ2v) is 8.76. The van der Waals surface area contributed by atoms with Crippen LogP contribution in [0.4, 0.5) is 5.82 Å². The standard InChI is InChI=1S/C27H25N3O4/c1-4-5-15-19(31)30-23-17-13-9-10-14-18(17)24(32)21(23)20(16-11-7-6-8-12-16)22-25(30)28(2)27(34)29(3)26(22)33/h6-14,20H,4-5,15H2,1-3H3. The van der Waals surface area contributed by atoms with Crippen molar-refractivity contribution in [3.05, 3.63) is 103 Å². The van der Waals surface area contributed by atoms with Gasteiger partial charge in [0.2, 0.25) is 5.91 Å². The van der Waals surface area contributed by atoms with Gasteiger partial charge < -0.3 is 0 Å². The van der Waals surface area contributed by atoms with E-state index >= 15 is 0 Å². The summed E-state index contributed by atoms with van der Waals surface area (Å²) in [6.07, 6.45) is 1.71. The zero-order valence-electron chi connectivity index (χ0n) is 19.4. The summed E-state index contributed by atoms with van der Waals surface area (Å²) in [4.78, 5) is 55.5. The molecule has 0 radical (unpaired) electrons. The summed E-state index contributed by atoms with van der Waals surface area (Å²) >= 11 is 0. The molecule has 0 bridgehead atoms. The molecule has 1 aliphatic carbocycles. The maximum atomic E-state index is 13.8. The molecule has 1 atom stereocenters. The molecule has 0 N–H and O–H groups in total. The quantitative estimate of drug-likeness (QED) is 0.604. The van der Waals surface area contributed by atoms with E-state index in [1.54, 1.807) is 19.2 Å². The van der Waals surface area contributed by atoms with Crippen molar-refractivity contribution in [2.45, 2.75) is 32.1 Å². The Labute approximate surface area is 196 Å².